The zero-order chi connectivity index (χ0) is 29.8. The third-order valence-electron chi connectivity index (χ3n) is 7.05. The number of rotatable bonds is 11. The number of aromatic nitrogens is 2. The van der Waals surface area contributed by atoms with Crippen LogP contribution in [0.15, 0.2) is 64.5 Å². The Hall–Kier alpha value is -4.71. The van der Waals surface area contributed by atoms with Gasteiger partial charge in [0.05, 0.1) is 23.2 Å². The second kappa shape index (κ2) is 12.7. The van der Waals surface area contributed by atoms with E-state index >= 15 is 0 Å². The molecule has 0 spiro atoms. The molecule has 11 nitrogen and oxygen atoms in total. The minimum atomic E-state index is -0.261. The fourth-order valence-electron chi connectivity index (χ4n) is 4.71. The Morgan fingerprint density at radius 1 is 0.884 bits per heavy atom. The predicted molar refractivity (Wildman–Crippen MR) is 160 cm³/mol. The summed E-state index contributed by atoms with van der Waals surface area (Å²) in [6.07, 6.45) is 1.88. The van der Waals surface area contributed by atoms with Crippen LogP contribution in [-0.4, -0.2) is 47.2 Å². The fraction of sp³-hybridized carbons (Fsp3) is 0.290. The Labute approximate surface area is 251 Å². The van der Waals surface area contributed by atoms with E-state index in [2.05, 4.69) is 17.6 Å². The van der Waals surface area contributed by atoms with E-state index in [0.717, 1.165) is 24.0 Å². The zero-order valence-corrected chi connectivity index (χ0v) is 24.3. The fourth-order valence-corrected chi connectivity index (χ4v) is 5.53. The lowest BCUT2D eigenvalue weighted by atomic mass is 10.1. The van der Waals surface area contributed by atoms with Gasteiger partial charge in [-0.25, -0.2) is 4.98 Å². The molecule has 0 fully saturated rings. The molecule has 2 aliphatic heterocycles. The molecule has 0 atom stereocenters. The lowest BCUT2D eigenvalue weighted by molar-refractivity contribution is -0.118. The first kappa shape index (κ1) is 28.4. The van der Waals surface area contributed by atoms with Gasteiger partial charge in [-0.2, -0.15) is 0 Å². The average molecular weight is 603 g/mol. The number of hydrogen-bond donors (Lipinski definition) is 2. The number of hydrogen-bond acceptors (Lipinski definition) is 9. The number of nitrogens with zero attached hydrogens (tertiary/aromatic N) is 2. The molecule has 12 heteroatoms. The van der Waals surface area contributed by atoms with Crippen molar-refractivity contribution >= 4 is 34.5 Å². The van der Waals surface area contributed by atoms with Crippen molar-refractivity contribution in [1.82, 2.24) is 20.2 Å². The van der Waals surface area contributed by atoms with E-state index in [1.165, 1.54) is 11.8 Å². The summed E-state index contributed by atoms with van der Waals surface area (Å²) in [4.78, 5) is 43.7. The van der Waals surface area contributed by atoms with Gasteiger partial charge in [0.15, 0.2) is 28.2 Å². The lowest BCUT2D eigenvalue weighted by Crippen LogP contribution is -2.28. The number of ether oxygens (including phenoxy) is 4. The highest BCUT2D eigenvalue weighted by molar-refractivity contribution is 7.99. The monoisotopic (exact) mass is 602 g/mol. The maximum absolute atomic E-state index is 13.7. The van der Waals surface area contributed by atoms with Crippen LogP contribution in [0.2, 0.25) is 0 Å². The number of carbonyl (C=O) groups is 2. The van der Waals surface area contributed by atoms with Crippen molar-refractivity contribution in [1.29, 1.82) is 0 Å². The lowest BCUT2D eigenvalue weighted by Gasteiger charge is -2.14. The van der Waals surface area contributed by atoms with Crippen molar-refractivity contribution < 1.29 is 28.5 Å². The Balaban J connectivity index is 1.19. The van der Waals surface area contributed by atoms with Crippen molar-refractivity contribution in [2.24, 2.45) is 0 Å². The number of nitrogens with one attached hydrogen (secondary N) is 2. The predicted octanol–water partition coefficient (Wildman–Crippen LogP) is 3.84. The molecule has 4 aromatic rings. The second-order valence-corrected chi connectivity index (χ2v) is 11.0. The highest BCUT2D eigenvalue weighted by Crippen LogP contribution is 2.35. The van der Waals surface area contributed by atoms with Crippen molar-refractivity contribution in [2.45, 2.75) is 38.0 Å². The zero-order valence-electron chi connectivity index (χ0n) is 23.5. The van der Waals surface area contributed by atoms with Crippen molar-refractivity contribution in [3.05, 3.63) is 81.6 Å². The first-order valence-electron chi connectivity index (χ1n) is 14.0. The first-order valence-corrected chi connectivity index (χ1v) is 15.0. The summed E-state index contributed by atoms with van der Waals surface area (Å²) in [5.74, 6) is 2.14. The molecular weight excluding hydrogens is 572 g/mol. The van der Waals surface area contributed by atoms with E-state index in [0.29, 0.717) is 57.7 Å². The van der Waals surface area contributed by atoms with Crippen LogP contribution in [0.4, 0.5) is 0 Å². The van der Waals surface area contributed by atoms with Gasteiger partial charge >= 0.3 is 0 Å². The second-order valence-electron chi connectivity index (χ2n) is 10.1. The van der Waals surface area contributed by atoms with Gasteiger partial charge in [-0.05, 0) is 47.9 Å². The standard InChI is InChI=1S/C31H30N4O7S/c1-2-3-10-32-28(36)16-43-31-34-23-13-27-26(41-18-42-27)12-22(23)30(38)35(31)15-19-4-7-21(8-5-19)29(37)33-14-20-6-9-24-25(11-20)40-17-39-24/h4-9,11-13H,2-3,10,14-18H2,1H3,(H,32,36)(H,33,37). The maximum atomic E-state index is 13.7. The number of thioether (sulfide) groups is 1. The molecule has 43 heavy (non-hydrogen) atoms. The molecule has 2 aliphatic rings. The summed E-state index contributed by atoms with van der Waals surface area (Å²) in [5, 5.41) is 6.61. The minimum absolute atomic E-state index is 0.0794. The van der Waals surface area contributed by atoms with Crippen LogP contribution in [-0.2, 0) is 17.9 Å². The molecule has 3 aromatic carbocycles. The smallest absolute Gasteiger partial charge is 0.262 e. The molecule has 6 rings (SSSR count). The molecule has 2 amide bonds. The van der Waals surface area contributed by atoms with Gasteiger partial charge in [0.25, 0.3) is 11.5 Å². The number of unbranched alkanes of at least 4 members (excludes halogenated alkanes) is 1. The number of amides is 2. The van der Waals surface area contributed by atoms with Gasteiger partial charge in [-0.15, -0.1) is 0 Å². The third-order valence-corrected chi connectivity index (χ3v) is 8.02. The number of carbonyl (C=O) groups excluding carboxylic acids is 2. The summed E-state index contributed by atoms with van der Waals surface area (Å²) in [5.41, 5.74) is 2.38. The van der Waals surface area contributed by atoms with Crippen LogP contribution >= 0.6 is 11.8 Å². The van der Waals surface area contributed by atoms with Crippen molar-refractivity contribution in [3.63, 3.8) is 0 Å². The summed E-state index contributed by atoms with van der Waals surface area (Å²) in [6, 6.07) is 15.9. The average Bonchev–Trinajstić information content (AvgIpc) is 3.69. The summed E-state index contributed by atoms with van der Waals surface area (Å²) in [6.45, 7) is 3.47. The van der Waals surface area contributed by atoms with Gasteiger partial charge in [0, 0.05) is 24.7 Å². The molecule has 0 unspecified atom stereocenters. The van der Waals surface area contributed by atoms with E-state index in [-0.39, 0.29) is 43.3 Å². The van der Waals surface area contributed by atoms with Gasteiger partial charge in [-0.1, -0.05) is 43.3 Å². The van der Waals surface area contributed by atoms with Crippen LogP contribution in [0.5, 0.6) is 23.0 Å². The SMILES string of the molecule is CCCCNC(=O)CSc1nc2cc3c(cc2c(=O)n1Cc1ccc(C(=O)NCc2ccc4c(c2)OCO4)cc1)OCO3. The Morgan fingerprint density at radius 2 is 1.58 bits per heavy atom. The van der Waals surface area contributed by atoms with Crippen LogP contribution < -0.4 is 35.1 Å². The molecule has 0 saturated carbocycles. The highest BCUT2D eigenvalue weighted by atomic mass is 32.2. The molecule has 222 valence electrons. The van der Waals surface area contributed by atoms with Gasteiger partial charge in [0.1, 0.15) is 0 Å². The van der Waals surface area contributed by atoms with E-state index in [4.69, 9.17) is 23.9 Å². The third kappa shape index (κ3) is 6.38. The van der Waals surface area contributed by atoms with Crippen molar-refractivity contribution in [2.75, 3.05) is 25.9 Å². The molecule has 0 radical (unpaired) electrons. The quantitative estimate of drug-likeness (QED) is 0.149. The summed E-state index contributed by atoms with van der Waals surface area (Å²) >= 11 is 1.20. The topological polar surface area (TPSA) is 130 Å². The van der Waals surface area contributed by atoms with Crippen molar-refractivity contribution in [3.8, 4) is 23.0 Å². The highest BCUT2D eigenvalue weighted by Gasteiger charge is 2.20. The maximum Gasteiger partial charge on any atom is 0.262 e. The van der Waals surface area contributed by atoms with Crippen LogP contribution in [0.1, 0.15) is 41.3 Å². The largest absolute Gasteiger partial charge is 0.454 e. The van der Waals surface area contributed by atoms with Crippen LogP contribution in [0, 0.1) is 0 Å². The molecule has 2 N–H and O–H groups in total. The Morgan fingerprint density at radius 3 is 2.35 bits per heavy atom. The number of fused-ring (bicyclic) bond motifs is 3. The molecule has 0 bridgehead atoms. The minimum Gasteiger partial charge on any atom is -0.454 e. The van der Waals surface area contributed by atoms with Gasteiger partial charge in [-0.3, -0.25) is 19.0 Å². The van der Waals surface area contributed by atoms with Crippen LogP contribution in [0.25, 0.3) is 10.9 Å². The van der Waals surface area contributed by atoms with E-state index in [1.807, 2.05) is 18.2 Å². The molecule has 0 aliphatic carbocycles. The Kier molecular flexibility index (Phi) is 8.36. The number of benzene rings is 3. The van der Waals surface area contributed by atoms with E-state index in [1.54, 1.807) is 41.0 Å². The van der Waals surface area contributed by atoms with Gasteiger partial charge < -0.3 is 29.6 Å². The first-order chi connectivity index (χ1) is 21.0. The van der Waals surface area contributed by atoms with E-state index in [9.17, 15) is 14.4 Å². The summed E-state index contributed by atoms with van der Waals surface area (Å²) in [7, 11) is 0. The van der Waals surface area contributed by atoms with Gasteiger partial charge in [0.2, 0.25) is 19.5 Å². The van der Waals surface area contributed by atoms with Crippen LogP contribution in [0.3, 0.4) is 0 Å². The molecule has 3 heterocycles. The molecular formula is C31H30N4O7S. The molecule has 1 aromatic heterocycles. The van der Waals surface area contributed by atoms with E-state index < -0.39 is 0 Å². The normalized spacial score (nSPS) is 12.9. The summed E-state index contributed by atoms with van der Waals surface area (Å²) < 4.78 is 23.2. The Bertz CT molecular complexity index is 1740. The molecule has 0 saturated heterocycles.